The Balaban J connectivity index is 1.81. The Morgan fingerprint density at radius 3 is 2.32 bits per heavy atom. The van der Waals surface area contributed by atoms with E-state index in [0.29, 0.717) is 5.56 Å². The van der Waals surface area contributed by atoms with Crippen LogP contribution in [0.25, 0.3) is 6.08 Å². The molecule has 0 radical (unpaired) electrons. The number of aromatic nitrogens is 1. The first-order valence-electron chi connectivity index (χ1n) is 9.62. The van der Waals surface area contributed by atoms with Crippen LogP contribution in [0.1, 0.15) is 21.5 Å². The average molecular weight is 413 g/mol. The maximum atomic E-state index is 12.7. The Bertz CT molecular complexity index is 1080. The van der Waals surface area contributed by atoms with Crippen molar-refractivity contribution in [1.82, 2.24) is 15.7 Å². The first-order valence-corrected chi connectivity index (χ1v) is 9.62. The second-order valence-corrected chi connectivity index (χ2v) is 6.85. The third-order valence-corrected chi connectivity index (χ3v) is 4.31. The molecule has 1 heterocycles. The van der Waals surface area contributed by atoms with Crippen LogP contribution in [0.15, 0.2) is 89.9 Å². The molecule has 0 fully saturated rings. The molecule has 0 saturated carbocycles. The van der Waals surface area contributed by atoms with Gasteiger partial charge in [0.15, 0.2) is 0 Å². The van der Waals surface area contributed by atoms with E-state index in [1.807, 2.05) is 55.4 Å². The molecular weight excluding hydrogens is 390 g/mol. The van der Waals surface area contributed by atoms with Crippen molar-refractivity contribution in [3.05, 3.63) is 102 Å². The van der Waals surface area contributed by atoms with Crippen LogP contribution in [0.3, 0.4) is 0 Å². The largest absolute Gasteiger partial charge is 0.378 e. The lowest BCUT2D eigenvalue weighted by Gasteiger charge is -2.12. The topological polar surface area (TPSA) is 86.7 Å². The first kappa shape index (κ1) is 21.4. The van der Waals surface area contributed by atoms with Crippen LogP contribution in [0.4, 0.5) is 5.69 Å². The third kappa shape index (κ3) is 6.37. The van der Waals surface area contributed by atoms with Crippen molar-refractivity contribution in [2.24, 2.45) is 5.10 Å². The van der Waals surface area contributed by atoms with Gasteiger partial charge in [-0.1, -0.05) is 36.4 Å². The zero-order valence-electron chi connectivity index (χ0n) is 17.3. The summed E-state index contributed by atoms with van der Waals surface area (Å²) in [5.74, 6) is -0.927. The average Bonchev–Trinajstić information content (AvgIpc) is 2.80. The molecule has 3 aromatic rings. The molecule has 0 saturated heterocycles. The van der Waals surface area contributed by atoms with Crippen LogP contribution in [-0.4, -0.2) is 37.1 Å². The van der Waals surface area contributed by atoms with Crippen molar-refractivity contribution in [3.8, 4) is 0 Å². The Hall–Kier alpha value is -4.26. The SMILES string of the molecule is CN(C)c1ccc(C=C(NC(=O)c2ccccc2)C(=O)NN=Cc2cccnc2)cc1. The Morgan fingerprint density at radius 1 is 0.935 bits per heavy atom. The highest BCUT2D eigenvalue weighted by molar-refractivity contribution is 6.05. The van der Waals surface area contributed by atoms with Crippen molar-refractivity contribution in [2.45, 2.75) is 0 Å². The van der Waals surface area contributed by atoms with Crippen molar-refractivity contribution in [1.29, 1.82) is 0 Å². The van der Waals surface area contributed by atoms with Crippen LogP contribution < -0.4 is 15.6 Å². The molecule has 0 bridgehead atoms. The number of hydrazone groups is 1. The van der Waals surface area contributed by atoms with E-state index in [1.165, 1.54) is 6.21 Å². The summed E-state index contributed by atoms with van der Waals surface area (Å²) in [6.45, 7) is 0. The van der Waals surface area contributed by atoms with Gasteiger partial charge >= 0.3 is 0 Å². The van der Waals surface area contributed by atoms with Gasteiger partial charge in [0.25, 0.3) is 11.8 Å². The van der Waals surface area contributed by atoms with Gasteiger partial charge in [0.05, 0.1) is 6.21 Å². The second kappa shape index (κ2) is 10.5. The number of anilines is 1. The van der Waals surface area contributed by atoms with Gasteiger partial charge in [-0.25, -0.2) is 5.43 Å². The first-order chi connectivity index (χ1) is 15.0. The minimum absolute atomic E-state index is 0.0785. The number of pyridine rings is 1. The minimum atomic E-state index is -0.541. The summed E-state index contributed by atoms with van der Waals surface area (Å²) in [5, 5.41) is 6.64. The van der Waals surface area contributed by atoms with Crippen LogP contribution in [0.5, 0.6) is 0 Å². The van der Waals surface area contributed by atoms with Crippen molar-refractivity contribution >= 4 is 29.8 Å². The molecular formula is C24H23N5O2. The van der Waals surface area contributed by atoms with Gasteiger partial charge in [0.2, 0.25) is 0 Å². The number of benzene rings is 2. The molecule has 31 heavy (non-hydrogen) atoms. The molecule has 7 nitrogen and oxygen atoms in total. The fourth-order valence-electron chi connectivity index (χ4n) is 2.66. The van der Waals surface area contributed by atoms with Crippen LogP contribution in [0.2, 0.25) is 0 Å². The van der Waals surface area contributed by atoms with Gasteiger partial charge in [0.1, 0.15) is 5.70 Å². The molecule has 7 heteroatoms. The molecule has 2 amide bonds. The van der Waals surface area contributed by atoms with E-state index < -0.39 is 5.91 Å². The van der Waals surface area contributed by atoms with Gasteiger partial charge < -0.3 is 10.2 Å². The van der Waals surface area contributed by atoms with Gasteiger partial charge in [0, 0.05) is 43.3 Å². The summed E-state index contributed by atoms with van der Waals surface area (Å²) in [6, 6.07) is 19.9. The summed E-state index contributed by atoms with van der Waals surface area (Å²) in [7, 11) is 3.90. The zero-order chi connectivity index (χ0) is 22.1. The van der Waals surface area contributed by atoms with Crippen LogP contribution in [0, 0.1) is 0 Å². The van der Waals surface area contributed by atoms with Crippen molar-refractivity contribution in [3.63, 3.8) is 0 Å². The fourth-order valence-corrected chi connectivity index (χ4v) is 2.66. The smallest absolute Gasteiger partial charge is 0.287 e. The second-order valence-electron chi connectivity index (χ2n) is 6.85. The summed E-state index contributed by atoms with van der Waals surface area (Å²) in [4.78, 5) is 31.3. The maximum Gasteiger partial charge on any atom is 0.287 e. The molecule has 0 spiro atoms. The quantitative estimate of drug-likeness (QED) is 0.354. The summed E-state index contributed by atoms with van der Waals surface area (Å²) in [6.07, 6.45) is 6.36. The van der Waals surface area contributed by atoms with Crippen molar-refractivity contribution < 1.29 is 9.59 Å². The highest BCUT2D eigenvalue weighted by atomic mass is 16.2. The molecule has 0 aliphatic heterocycles. The number of nitrogens with one attached hydrogen (secondary N) is 2. The lowest BCUT2D eigenvalue weighted by atomic mass is 10.1. The number of nitrogens with zero attached hydrogens (tertiary/aromatic N) is 3. The maximum absolute atomic E-state index is 12.7. The molecule has 0 atom stereocenters. The number of carbonyl (C=O) groups is 2. The molecule has 0 aliphatic rings. The highest BCUT2D eigenvalue weighted by Crippen LogP contribution is 2.14. The Morgan fingerprint density at radius 2 is 1.68 bits per heavy atom. The highest BCUT2D eigenvalue weighted by Gasteiger charge is 2.14. The van der Waals surface area contributed by atoms with E-state index in [-0.39, 0.29) is 11.6 Å². The Labute approximate surface area is 181 Å². The zero-order valence-corrected chi connectivity index (χ0v) is 17.3. The van der Waals surface area contributed by atoms with E-state index in [0.717, 1.165) is 16.8 Å². The van der Waals surface area contributed by atoms with Gasteiger partial charge in [-0.3, -0.25) is 14.6 Å². The lowest BCUT2D eigenvalue weighted by Crippen LogP contribution is -2.32. The van der Waals surface area contributed by atoms with E-state index in [4.69, 9.17) is 0 Å². The van der Waals surface area contributed by atoms with E-state index in [1.54, 1.807) is 48.8 Å². The van der Waals surface area contributed by atoms with E-state index in [2.05, 4.69) is 20.8 Å². The number of hydrogen-bond acceptors (Lipinski definition) is 5. The van der Waals surface area contributed by atoms with Gasteiger partial charge in [-0.15, -0.1) is 0 Å². The van der Waals surface area contributed by atoms with Crippen molar-refractivity contribution in [2.75, 3.05) is 19.0 Å². The number of carbonyl (C=O) groups excluding carboxylic acids is 2. The standard InChI is InChI=1S/C24H23N5O2/c1-29(2)21-12-10-18(11-13-21)15-22(27-23(30)20-8-4-3-5-9-20)24(31)28-26-17-19-7-6-14-25-16-19/h3-17H,1-2H3,(H,27,30)(H,28,31). The third-order valence-electron chi connectivity index (χ3n) is 4.31. The van der Waals surface area contributed by atoms with E-state index >= 15 is 0 Å². The number of rotatable bonds is 7. The van der Waals surface area contributed by atoms with Crippen LogP contribution >= 0.6 is 0 Å². The predicted octanol–water partition coefficient (Wildman–Crippen LogP) is 3.07. The summed E-state index contributed by atoms with van der Waals surface area (Å²) >= 11 is 0. The van der Waals surface area contributed by atoms with Crippen LogP contribution in [-0.2, 0) is 4.79 Å². The molecule has 2 aromatic carbocycles. The molecule has 0 aliphatic carbocycles. The molecule has 156 valence electrons. The minimum Gasteiger partial charge on any atom is -0.378 e. The molecule has 2 N–H and O–H groups in total. The summed E-state index contributed by atoms with van der Waals surface area (Å²) < 4.78 is 0. The van der Waals surface area contributed by atoms with Gasteiger partial charge in [-0.2, -0.15) is 5.10 Å². The molecule has 1 aromatic heterocycles. The lowest BCUT2D eigenvalue weighted by molar-refractivity contribution is -0.117. The number of hydrogen-bond donors (Lipinski definition) is 2. The molecule has 3 rings (SSSR count). The fraction of sp³-hybridized carbons (Fsp3) is 0.0833. The van der Waals surface area contributed by atoms with E-state index in [9.17, 15) is 9.59 Å². The Kier molecular flexibility index (Phi) is 7.26. The normalized spacial score (nSPS) is 11.2. The van der Waals surface area contributed by atoms with Gasteiger partial charge in [-0.05, 0) is 42.0 Å². The molecule has 0 unspecified atom stereocenters. The summed E-state index contributed by atoms with van der Waals surface area (Å²) in [5.41, 5.74) is 5.50. The predicted molar refractivity (Wildman–Crippen MR) is 123 cm³/mol. The monoisotopic (exact) mass is 413 g/mol. The number of amides is 2.